The molecule has 5 heteroatoms. The van der Waals surface area contributed by atoms with Crippen LogP contribution in [-0.2, 0) is 11.2 Å². The lowest BCUT2D eigenvalue weighted by Gasteiger charge is -2.26. The van der Waals surface area contributed by atoms with E-state index in [4.69, 9.17) is 4.74 Å². The van der Waals surface area contributed by atoms with Crippen LogP contribution in [0, 0.1) is 12.7 Å². The predicted octanol–water partition coefficient (Wildman–Crippen LogP) is 2.35. The second-order valence-electron chi connectivity index (χ2n) is 5.25. The van der Waals surface area contributed by atoms with Crippen molar-refractivity contribution in [2.24, 2.45) is 0 Å². The van der Waals surface area contributed by atoms with E-state index in [1.807, 2.05) is 18.5 Å². The van der Waals surface area contributed by atoms with Gasteiger partial charge in [0.2, 0.25) is 5.95 Å². The van der Waals surface area contributed by atoms with E-state index in [1.165, 1.54) is 6.07 Å². The van der Waals surface area contributed by atoms with Crippen molar-refractivity contribution in [3.8, 4) is 0 Å². The minimum atomic E-state index is -0.169. The third kappa shape index (κ3) is 3.36. The molecule has 110 valence electrons. The fourth-order valence-corrected chi connectivity index (χ4v) is 2.42. The Morgan fingerprint density at radius 1 is 1.14 bits per heavy atom. The summed E-state index contributed by atoms with van der Waals surface area (Å²) in [6.45, 7) is 4.88. The number of rotatable bonds is 3. The van der Waals surface area contributed by atoms with Crippen molar-refractivity contribution < 1.29 is 9.13 Å². The first kappa shape index (κ1) is 13.9. The minimum absolute atomic E-state index is 0.169. The third-order valence-electron chi connectivity index (χ3n) is 3.62. The van der Waals surface area contributed by atoms with E-state index in [-0.39, 0.29) is 5.82 Å². The predicted molar refractivity (Wildman–Crippen MR) is 79.0 cm³/mol. The number of halogens is 1. The molecule has 0 aliphatic carbocycles. The molecule has 1 aromatic heterocycles. The number of hydrogen-bond acceptors (Lipinski definition) is 4. The number of anilines is 1. The zero-order valence-electron chi connectivity index (χ0n) is 12.1. The smallest absolute Gasteiger partial charge is 0.225 e. The Morgan fingerprint density at radius 2 is 1.86 bits per heavy atom. The second-order valence-corrected chi connectivity index (χ2v) is 5.25. The second kappa shape index (κ2) is 6.18. The van der Waals surface area contributed by atoms with Crippen molar-refractivity contribution in [3.63, 3.8) is 0 Å². The van der Waals surface area contributed by atoms with Crippen molar-refractivity contribution in [3.05, 3.63) is 53.1 Å². The fourth-order valence-electron chi connectivity index (χ4n) is 2.42. The number of hydrogen-bond donors (Lipinski definition) is 0. The Morgan fingerprint density at radius 3 is 2.52 bits per heavy atom. The van der Waals surface area contributed by atoms with E-state index in [0.29, 0.717) is 12.0 Å². The lowest BCUT2D eigenvalue weighted by atomic mass is 10.1. The van der Waals surface area contributed by atoms with Gasteiger partial charge in [-0.15, -0.1) is 0 Å². The van der Waals surface area contributed by atoms with Gasteiger partial charge in [0.1, 0.15) is 5.82 Å². The van der Waals surface area contributed by atoms with Gasteiger partial charge in [-0.2, -0.15) is 0 Å². The highest BCUT2D eigenvalue weighted by molar-refractivity contribution is 5.33. The minimum Gasteiger partial charge on any atom is -0.378 e. The van der Waals surface area contributed by atoms with E-state index in [1.54, 1.807) is 13.0 Å². The number of aryl methyl sites for hydroxylation is 1. The molecule has 2 aromatic rings. The first-order valence-electron chi connectivity index (χ1n) is 7.11. The van der Waals surface area contributed by atoms with Gasteiger partial charge in [0.25, 0.3) is 0 Å². The van der Waals surface area contributed by atoms with Crippen molar-refractivity contribution >= 4 is 5.95 Å². The molecular formula is C16H18FN3O. The molecule has 0 spiro atoms. The van der Waals surface area contributed by atoms with Crippen LogP contribution in [0.5, 0.6) is 0 Å². The monoisotopic (exact) mass is 287 g/mol. The molecule has 2 heterocycles. The van der Waals surface area contributed by atoms with Crippen LogP contribution in [-0.4, -0.2) is 36.3 Å². The first-order valence-corrected chi connectivity index (χ1v) is 7.11. The molecule has 1 aromatic carbocycles. The van der Waals surface area contributed by atoms with E-state index in [9.17, 15) is 4.39 Å². The normalized spacial score (nSPS) is 15.2. The molecule has 1 saturated heterocycles. The highest BCUT2D eigenvalue weighted by atomic mass is 19.1. The maximum absolute atomic E-state index is 13.3. The zero-order chi connectivity index (χ0) is 14.7. The fraction of sp³-hybridized carbons (Fsp3) is 0.375. The quantitative estimate of drug-likeness (QED) is 0.868. The van der Waals surface area contributed by atoms with Gasteiger partial charge in [0, 0.05) is 31.9 Å². The molecule has 0 N–H and O–H groups in total. The number of benzene rings is 1. The maximum Gasteiger partial charge on any atom is 0.225 e. The van der Waals surface area contributed by atoms with E-state index < -0.39 is 0 Å². The molecular weight excluding hydrogens is 269 g/mol. The molecule has 4 nitrogen and oxygen atoms in total. The van der Waals surface area contributed by atoms with Gasteiger partial charge in [0.15, 0.2) is 0 Å². The maximum atomic E-state index is 13.3. The van der Waals surface area contributed by atoms with Crippen LogP contribution in [0.2, 0.25) is 0 Å². The SMILES string of the molecule is Cc1cc(Cc2cnc(N3CCOCC3)nc2)ccc1F. The van der Waals surface area contributed by atoms with Gasteiger partial charge in [-0.25, -0.2) is 14.4 Å². The average molecular weight is 287 g/mol. The van der Waals surface area contributed by atoms with Gasteiger partial charge < -0.3 is 9.64 Å². The summed E-state index contributed by atoms with van der Waals surface area (Å²) < 4.78 is 18.6. The summed E-state index contributed by atoms with van der Waals surface area (Å²) in [4.78, 5) is 11.0. The Balaban J connectivity index is 1.70. The Bertz CT molecular complexity index is 609. The van der Waals surface area contributed by atoms with Crippen molar-refractivity contribution in [2.45, 2.75) is 13.3 Å². The van der Waals surface area contributed by atoms with Crippen molar-refractivity contribution in [2.75, 3.05) is 31.2 Å². The molecule has 3 rings (SSSR count). The van der Waals surface area contributed by atoms with E-state index >= 15 is 0 Å². The Hall–Kier alpha value is -2.01. The molecule has 0 bridgehead atoms. The standard InChI is InChI=1S/C16H18FN3O/c1-12-8-13(2-3-15(12)17)9-14-10-18-16(19-11-14)20-4-6-21-7-5-20/h2-3,8,10-11H,4-7,9H2,1H3. The summed E-state index contributed by atoms with van der Waals surface area (Å²) in [7, 11) is 0. The molecule has 1 fully saturated rings. The molecule has 21 heavy (non-hydrogen) atoms. The van der Waals surface area contributed by atoms with Crippen LogP contribution in [0.25, 0.3) is 0 Å². The summed E-state index contributed by atoms with van der Waals surface area (Å²) in [6, 6.07) is 5.18. The van der Waals surface area contributed by atoms with Gasteiger partial charge in [0.05, 0.1) is 13.2 Å². The number of nitrogens with zero attached hydrogens (tertiary/aromatic N) is 3. The number of aromatic nitrogens is 2. The molecule has 1 aliphatic heterocycles. The Labute approximate surface area is 123 Å². The van der Waals surface area contributed by atoms with Crippen LogP contribution in [0.4, 0.5) is 10.3 Å². The molecule has 1 aliphatic rings. The summed E-state index contributed by atoms with van der Waals surface area (Å²) in [5.41, 5.74) is 2.76. The highest BCUT2D eigenvalue weighted by Gasteiger charge is 2.13. The lowest BCUT2D eigenvalue weighted by Crippen LogP contribution is -2.37. The summed E-state index contributed by atoms with van der Waals surface area (Å²) in [6.07, 6.45) is 4.40. The average Bonchev–Trinajstić information content (AvgIpc) is 2.53. The summed E-state index contributed by atoms with van der Waals surface area (Å²) in [5.74, 6) is 0.579. The van der Waals surface area contributed by atoms with Crippen LogP contribution in [0.15, 0.2) is 30.6 Å². The van der Waals surface area contributed by atoms with Crippen LogP contribution in [0.1, 0.15) is 16.7 Å². The van der Waals surface area contributed by atoms with Crippen molar-refractivity contribution in [1.29, 1.82) is 0 Å². The van der Waals surface area contributed by atoms with Crippen LogP contribution in [0.3, 0.4) is 0 Å². The summed E-state index contributed by atoms with van der Waals surface area (Å²) in [5, 5.41) is 0. The van der Waals surface area contributed by atoms with Gasteiger partial charge in [-0.3, -0.25) is 0 Å². The zero-order valence-corrected chi connectivity index (χ0v) is 12.1. The molecule has 0 radical (unpaired) electrons. The van der Waals surface area contributed by atoms with Gasteiger partial charge >= 0.3 is 0 Å². The molecule has 0 unspecified atom stereocenters. The van der Waals surface area contributed by atoms with E-state index in [0.717, 1.165) is 43.4 Å². The molecule has 0 saturated carbocycles. The van der Waals surface area contributed by atoms with Crippen molar-refractivity contribution in [1.82, 2.24) is 9.97 Å². The topological polar surface area (TPSA) is 38.2 Å². The lowest BCUT2D eigenvalue weighted by molar-refractivity contribution is 0.122. The molecule has 0 amide bonds. The van der Waals surface area contributed by atoms with E-state index in [2.05, 4.69) is 14.9 Å². The van der Waals surface area contributed by atoms with Gasteiger partial charge in [-0.1, -0.05) is 12.1 Å². The number of ether oxygens (including phenoxy) is 1. The highest BCUT2D eigenvalue weighted by Crippen LogP contribution is 2.15. The summed E-state index contributed by atoms with van der Waals surface area (Å²) >= 11 is 0. The van der Waals surface area contributed by atoms with Crippen LogP contribution >= 0.6 is 0 Å². The Kier molecular flexibility index (Phi) is 4.10. The number of morpholine rings is 1. The largest absolute Gasteiger partial charge is 0.378 e. The third-order valence-corrected chi connectivity index (χ3v) is 3.62. The van der Waals surface area contributed by atoms with Crippen LogP contribution < -0.4 is 4.90 Å². The first-order chi connectivity index (χ1) is 10.2. The van der Waals surface area contributed by atoms with Gasteiger partial charge in [-0.05, 0) is 29.7 Å². The molecule has 0 atom stereocenters.